The van der Waals surface area contributed by atoms with Crippen LogP contribution in [-0.2, 0) is 0 Å². The van der Waals surface area contributed by atoms with E-state index in [1.54, 1.807) is 0 Å². The van der Waals surface area contributed by atoms with E-state index >= 15 is 0 Å². The van der Waals surface area contributed by atoms with Crippen LogP contribution in [0.5, 0.6) is 0 Å². The average Bonchev–Trinajstić information content (AvgIpc) is 2.93. The third-order valence-electron chi connectivity index (χ3n) is 5.29. The Bertz CT molecular complexity index is 457. The Hall–Kier alpha value is -1.05. The number of allylic oxidation sites excluding steroid dienone is 4. The summed E-state index contributed by atoms with van der Waals surface area (Å²) in [7, 11) is 0. The highest BCUT2D eigenvalue weighted by Crippen LogP contribution is 2.24. The van der Waals surface area contributed by atoms with E-state index in [0.29, 0.717) is 6.04 Å². The Morgan fingerprint density at radius 1 is 0.889 bits per heavy atom. The minimum Gasteiger partial charge on any atom is -0.356 e. The number of aliphatic imine (C=N–C) groups is 1. The molecule has 2 heteroatoms. The van der Waals surface area contributed by atoms with Crippen molar-refractivity contribution < 1.29 is 0 Å². The minimum absolute atomic E-state index is 0.108. The normalized spacial score (nSPS) is 17.0. The molecule has 0 unspecified atom stereocenters. The fourth-order valence-electron chi connectivity index (χ4n) is 3.73. The topological polar surface area (TPSA) is 15.6 Å². The quantitative estimate of drug-likeness (QED) is 0.212. The van der Waals surface area contributed by atoms with Gasteiger partial charge in [-0.3, -0.25) is 4.99 Å². The Balaban J connectivity index is 1.99. The molecule has 0 aromatic heterocycles. The molecule has 0 saturated carbocycles. The predicted molar refractivity (Wildman–Crippen MR) is 123 cm³/mol. The molecule has 0 bridgehead atoms. The van der Waals surface area contributed by atoms with Crippen LogP contribution in [0.2, 0.25) is 0 Å². The monoisotopic (exact) mass is 374 g/mol. The molecule has 0 radical (unpaired) electrons. The summed E-state index contributed by atoms with van der Waals surface area (Å²) < 4.78 is 0. The van der Waals surface area contributed by atoms with Crippen LogP contribution in [-0.4, -0.2) is 28.9 Å². The molecule has 0 atom stereocenters. The molecule has 2 nitrogen and oxygen atoms in total. The fraction of sp³-hybridized carbons (Fsp3) is 0.800. The van der Waals surface area contributed by atoms with Crippen molar-refractivity contribution in [3.05, 3.63) is 24.3 Å². The van der Waals surface area contributed by atoms with Gasteiger partial charge >= 0.3 is 0 Å². The van der Waals surface area contributed by atoms with E-state index in [1.165, 1.54) is 70.0 Å². The lowest BCUT2D eigenvalue weighted by Gasteiger charge is -2.26. The van der Waals surface area contributed by atoms with Crippen LogP contribution >= 0.6 is 0 Å². The zero-order valence-electron chi connectivity index (χ0n) is 19.0. The van der Waals surface area contributed by atoms with Crippen molar-refractivity contribution in [1.29, 1.82) is 0 Å². The highest BCUT2D eigenvalue weighted by Gasteiger charge is 2.31. The number of rotatable bonds is 15. The molecular weight excluding hydrogens is 328 g/mol. The molecule has 0 fully saturated rings. The van der Waals surface area contributed by atoms with Gasteiger partial charge in [-0.2, -0.15) is 0 Å². The molecular formula is C25H46N2. The molecule has 0 aromatic rings. The first-order chi connectivity index (χ1) is 13.0. The predicted octanol–water partition coefficient (Wildman–Crippen LogP) is 7.70. The van der Waals surface area contributed by atoms with Gasteiger partial charge in [-0.15, -0.1) is 0 Å². The van der Waals surface area contributed by atoms with E-state index in [0.717, 1.165) is 19.4 Å². The average molecular weight is 375 g/mol. The molecule has 1 aliphatic rings. The SMILES string of the molecule is CCCCC/C=C/C/C=C\CCCCCCCC1=NC(C)(C)CN1C(C)C. The van der Waals surface area contributed by atoms with Crippen molar-refractivity contribution in [2.75, 3.05) is 6.54 Å². The van der Waals surface area contributed by atoms with E-state index in [4.69, 9.17) is 4.99 Å². The Morgan fingerprint density at radius 2 is 1.48 bits per heavy atom. The molecule has 27 heavy (non-hydrogen) atoms. The molecule has 0 spiro atoms. The van der Waals surface area contributed by atoms with Gasteiger partial charge in [0.25, 0.3) is 0 Å². The first kappa shape index (κ1) is 24.0. The van der Waals surface area contributed by atoms with E-state index < -0.39 is 0 Å². The van der Waals surface area contributed by atoms with Crippen molar-refractivity contribution in [2.45, 2.75) is 123 Å². The van der Waals surface area contributed by atoms with Gasteiger partial charge in [0, 0.05) is 19.0 Å². The zero-order chi connectivity index (χ0) is 20.0. The second-order valence-electron chi connectivity index (χ2n) is 9.04. The third kappa shape index (κ3) is 11.4. The Morgan fingerprint density at radius 3 is 2.11 bits per heavy atom. The largest absolute Gasteiger partial charge is 0.356 e. The molecule has 0 amide bonds. The number of amidine groups is 1. The van der Waals surface area contributed by atoms with Crippen LogP contribution in [0.15, 0.2) is 29.3 Å². The first-order valence-corrected chi connectivity index (χ1v) is 11.6. The third-order valence-corrected chi connectivity index (χ3v) is 5.29. The zero-order valence-corrected chi connectivity index (χ0v) is 19.0. The van der Waals surface area contributed by atoms with Gasteiger partial charge in [0.2, 0.25) is 0 Å². The van der Waals surface area contributed by atoms with Crippen LogP contribution in [0.3, 0.4) is 0 Å². The minimum atomic E-state index is 0.108. The summed E-state index contributed by atoms with van der Waals surface area (Å²) >= 11 is 0. The van der Waals surface area contributed by atoms with Gasteiger partial charge in [-0.1, -0.05) is 63.3 Å². The number of hydrogen-bond donors (Lipinski definition) is 0. The van der Waals surface area contributed by atoms with Crippen LogP contribution in [0, 0.1) is 0 Å². The second kappa shape index (κ2) is 14.0. The van der Waals surface area contributed by atoms with Gasteiger partial charge in [0.15, 0.2) is 0 Å². The van der Waals surface area contributed by atoms with Crippen molar-refractivity contribution in [2.24, 2.45) is 4.99 Å². The summed E-state index contributed by atoms with van der Waals surface area (Å²) in [6.07, 6.45) is 24.8. The molecule has 0 N–H and O–H groups in total. The molecule has 1 rings (SSSR count). The van der Waals surface area contributed by atoms with Crippen molar-refractivity contribution in [3.8, 4) is 0 Å². The maximum absolute atomic E-state index is 4.95. The molecule has 1 heterocycles. The summed E-state index contributed by atoms with van der Waals surface area (Å²) in [4.78, 5) is 7.46. The highest BCUT2D eigenvalue weighted by atomic mass is 15.3. The highest BCUT2D eigenvalue weighted by molar-refractivity contribution is 5.84. The van der Waals surface area contributed by atoms with Gasteiger partial charge < -0.3 is 4.90 Å². The summed E-state index contributed by atoms with van der Waals surface area (Å²) in [6, 6.07) is 0.573. The molecule has 1 aliphatic heterocycles. The lowest BCUT2D eigenvalue weighted by Crippen LogP contribution is -2.37. The molecule has 0 saturated heterocycles. The maximum atomic E-state index is 4.95. The summed E-state index contributed by atoms with van der Waals surface area (Å²) in [5.41, 5.74) is 0.108. The van der Waals surface area contributed by atoms with Crippen molar-refractivity contribution in [1.82, 2.24) is 4.90 Å². The lowest BCUT2D eigenvalue weighted by molar-refractivity contribution is 0.320. The van der Waals surface area contributed by atoms with Gasteiger partial charge in [0.05, 0.1) is 11.4 Å². The number of unbranched alkanes of at least 4 members (excludes halogenated alkanes) is 8. The van der Waals surface area contributed by atoms with Gasteiger partial charge in [-0.05, 0) is 66.2 Å². The summed E-state index contributed by atoms with van der Waals surface area (Å²) in [6.45, 7) is 12.4. The second-order valence-corrected chi connectivity index (χ2v) is 9.04. The van der Waals surface area contributed by atoms with E-state index in [1.807, 2.05) is 0 Å². The molecule has 0 aromatic carbocycles. The fourth-order valence-corrected chi connectivity index (χ4v) is 3.73. The van der Waals surface area contributed by atoms with Crippen molar-refractivity contribution in [3.63, 3.8) is 0 Å². The van der Waals surface area contributed by atoms with Crippen LogP contribution in [0.25, 0.3) is 0 Å². The van der Waals surface area contributed by atoms with E-state index in [-0.39, 0.29) is 5.54 Å². The maximum Gasteiger partial charge on any atom is 0.0999 e. The van der Waals surface area contributed by atoms with Crippen molar-refractivity contribution >= 4 is 5.84 Å². The lowest BCUT2D eigenvalue weighted by atomic mass is 10.1. The Kier molecular flexibility index (Phi) is 12.5. The van der Waals surface area contributed by atoms with E-state index in [9.17, 15) is 0 Å². The summed E-state index contributed by atoms with van der Waals surface area (Å²) in [5, 5.41) is 0. The van der Waals surface area contributed by atoms with E-state index in [2.05, 4.69) is 63.8 Å². The molecule has 0 aliphatic carbocycles. The van der Waals surface area contributed by atoms with Gasteiger partial charge in [0.1, 0.15) is 0 Å². The van der Waals surface area contributed by atoms with Crippen LogP contribution < -0.4 is 0 Å². The van der Waals surface area contributed by atoms with Gasteiger partial charge in [-0.25, -0.2) is 0 Å². The molecule has 156 valence electrons. The summed E-state index contributed by atoms with van der Waals surface area (Å²) in [5.74, 6) is 1.35. The van der Waals surface area contributed by atoms with Crippen LogP contribution in [0.1, 0.15) is 112 Å². The Labute approximate surface area is 170 Å². The number of nitrogens with zero attached hydrogens (tertiary/aromatic N) is 2. The first-order valence-electron chi connectivity index (χ1n) is 11.6. The van der Waals surface area contributed by atoms with Crippen LogP contribution in [0.4, 0.5) is 0 Å². The standard InChI is InChI=1S/C25H46N2/c1-6-7-8-9-10-11-12-13-14-15-16-17-18-19-20-21-24-26-25(4,5)22-27(24)23(2)3/h10-11,13-14,23H,6-9,12,15-22H2,1-5H3/b11-10+,14-13-. The smallest absolute Gasteiger partial charge is 0.0999 e. The number of hydrogen-bond acceptors (Lipinski definition) is 2.